The first-order valence-electron chi connectivity index (χ1n) is 7.57. The maximum absolute atomic E-state index is 3.99. The smallest absolute Gasteiger partial charge is 0.0177 e. The highest BCUT2D eigenvalue weighted by Gasteiger charge is 2.59. The molecule has 0 spiro atoms. The van der Waals surface area contributed by atoms with Crippen LogP contribution in [0.5, 0.6) is 0 Å². The molecule has 0 aromatic rings. The Morgan fingerprint density at radius 2 is 1.88 bits per heavy atom. The zero-order valence-electron chi connectivity index (χ0n) is 12.6. The van der Waals surface area contributed by atoms with Crippen LogP contribution in [0.2, 0.25) is 0 Å². The molecule has 5 atom stereocenters. The van der Waals surface area contributed by atoms with E-state index in [1.165, 1.54) is 25.7 Å². The van der Waals surface area contributed by atoms with E-state index in [4.69, 9.17) is 0 Å². The third kappa shape index (κ3) is 2.05. The molecule has 1 heteroatoms. The van der Waals surface area contributed by atoms with Gasteiger partial charge in [0, 0.05) is 12.1 Å². The number of rotatable bonds is 4. The number of nitrogens with one attached hydrogen (secondary N) is 1. The van der Waals surface area contributed by atoms with Crippen molar-refractivity contribution in [2.45, 2.75) is 79.3 Å². The highest BCUT2D eigenvalue weighted by atomic mass is 15.0. The first-order valence-corrected chi connectivity index (χ1v) is 7.57. The third-order valence-electron chi connectivity index (χ3n) is 6.20. The number of hydrogen-bond acceptors (Lipinski definition) is 1. The summed E-state index contributed by atoms with van der Waals surface area (Å²) in [6.07, 6.45) is 5.62. The van der Waals surface area contributed by atoms with Gasteiger partial charge in [-0.2, -0.15) is 0 Å². The van der Waals surface area contributed by atoms with Crippen LogP contribution in [0.4, 0.5) is 0 Å². The molecule has 2 bridgehead atoms. The van der Waals surface area contributed by atoms with Gasteiger partial charge in [-0.15, -0.1) is 0 Å². The lowest BCUT2D eigenvalue weighted by atomic mass is 9.68. The molecule has 0 amide bonds. The van der Waals surface area contributed by atoms with Gasteiger partial charge >= 0.3 is 0 Å². The topological polar surface area (TPSA) is 12.0 Å². The van der Waals surface area contributed by atoms with Gasteiger partial charge in [0.1, 0.15) is 0 Å². The standard InChI is InChI=1S/C16H31N/c1-7-11(2)12(3)17-14-15(4,5)13-8-9-16(14,6)10-13/h11-14,17H,7-10H2,1-6H3/t11?,12?,13-,14?,16+/m0/s1. The van der Waals surface area contributed by atoms with Crippen LogP contribution in [0.3, 0.4) is 0 Å². The predicted molar refractivity (Wildman–Crippen MR) is 75.1 cm³/mol. The molecule has 2 aliphatic carbocycles. The first-order chi connectivity index (χ1) is 7.81. The molecular weight excluding hydrogens is 206 g/mol. The predicted octanol–water partition coefficient (Wildman–Crippen LogP) is 4.23. The largest absolute Gasteiger partial charge is 0.310 e. The van der Waals surface area contributed by atoms with Crippen molar-refractivity contribution < 1.29 is 0 Å². The number of hydrogen-bond donors (Lipinski definition) is 1. The minimum atomic E-state index is 0.495. The first kappa shape index (κ1) is 13.4. The molecule has 3 unspecified atom stereocenters. The fraction of sp³-hybridized carbons (Fsp3) is 1.00. The minimum Gasteiger partial charge on any atom is -0.310 e. The molecule has 1 nitrogen and oxygen atoms in total. The van der Waals surface area contributed by atoms with E-state index < -0.39 is 0 Å². The van der Waals surface area contributed by atoms with Crippen molar-refractivity contribution in [2.75, 3.05) is 0 Å². The van der Waals surface area contributed by atoms with E-state index in [1.807, 2.05) is 0 Å². The van der Waals surface area contributed by atoms with Crippen molar-refractivity contribution in [3.8, 4) is 0 Å². The Balaban J connectivity index is 2.10. The van der Waals surface area contributed by atoms with Crippen molar-refractivity contribution in [2.24, 2.45) is 22.7 Å². The van der Waals surface area contributed by atoms with Gasteiger partial charge in [-0.1, -0.05) is 41.0 Å². The monoisotopic (exact) mass is 237 g/mol. The zero-order valence-corrected chi connectivity index (χ0v) is 12.6. The second-order valence-electron chi connectivity index (χ2n) is 7.69. The average Bonchev–Trinajstić information content (AvgIpc) is 2.74. The summed E-state index contributed by atoms with van der Waals surface area (Å²) in [5.41, 5.74) is 1.06. The fourth-order valence-electron chi connectivity index (χ4n) is 4.50. The summed E-state index contributed by atoms with van der Waals surface area (Å²) in [7, 11) is 0. The second kappa shape index (κ2) is 4.26. The van der Waals surface area contributed by atoms with Gasteiger partial charge < -0.3 is 5.32 Å². The number of fused-ring (bicyclic) bond motifs is 2. The van der Waals surface area contributed by atoms with Gasteiger partial charge in [0.25, 0.3) is 0 Å². The van der Waals surface area contributed by atoms with Crippen LogP contribution in [0.25, 0.3) is 0 Å². The van der Waals surface area contributed by atoms with Crippen molar-refractivity contribution in [3.05, 3.63) is 0 Å². The van der Waals surface area contributed by atoms with E-state index in [2.05, 4.69) is 46.9 Å². The van der Waals surface area contributed by atoms with E-state index >= 15 is 0 Å². The Morgan fingerprint density at radius 1 is 1.24 bits per heavy atom. The molecule has 0 aromatic carbocycles. The SMILES string of the molecule is CCC(C)C(C)NC1C(C)(C)[C@H]2CC[C@]1(C)C2. The quantitative estimate of drug-likeness (QED) is 0.771. The van der Waals surface area contributed by atoms with Crippen LogP contribution in [0.15, 0.2) is 0 Å². The van der Waals surface area contributed by atoms with Crippen LogP contribution in [0.1, 0.15) is 67.2 Å². The van der Waals surface area contributed by atoms with Gasteiger partial charge in [0.05, 0.1) is 0 Å². The molecule has 1 N–H and O–H groups in total. The normalized spacial score (nSPS) is 42.7. The Labute approximate surface area is 108 Å². The van der Waals surface area contributed by atoms with Crippen LogP contribution in [0, 0.1) is 22.7 Å². The van der Waals surface area contributed by atoms with Gasteiger partial charge in [0.15, 0.2) is 0 Å². The van der Waals surface area contributed by atoms with E-state index in [1.54, 1.807) is 0 Å². The van der Waals surface area contributed by atoms with Gasteiger partial charge in [-0.25, -0.2) is 0 Å². The molecular formula is C16H31N. The van der Waals surface area contributed by atoms with Crippen molar-refractivity contribution in [1.29, 1.82) is 0 Å². The molecule has 0 aromatic heterocycles. The van der Waals surface area contributed by atoms with Crippen LogP contribution < -0.4 is 5.32 Å². The van der Waals surface area contributed by atoms with Crippen molar-refractivity contribution in [1.82, 2.24) is 5.32 Å². The minimum absolute atomic E-state index is 0.495. The van der Waals surface area contributed by atoms with Gasteiger partial charge in [0.2, 0.25) is 0 Å². The van der Waals surface area contributed by atoms with E-state index in [9.17, 15) is 0 Å². The van der Waals surface area contributed by atoms with E-state index in [0.29, 0.717) is 16.9 Å². The summed E-state index contributed by atoms with van der Waals surface area (Å²) in [5, 5.41) is 3.99. The summed E-state index contributed by atoms with van der Waals surface area (Å²) >= 11 is 0. The average molecular weight is 237 g/mol. The molecule has 0 saturated heterocycles. The molecule has 2 fully saturated rings. The van der Waals surface area contributed by atoms with Crippen molar-refractivity contribution in [3.63, 3.8) is 0 Å². The van der Waals surface area contributed by atoms with Crippen LogP contribution in [-0.4, -0.2) is 12.1 Å². The van der Waals surface area contributed by atoms with Gasteiger partial charge in [-0.05, 0) is 48.9 Å². The van der Waals surface area contributed by atoms with E-state index in [-0.39, 0.29) is 0 Å². The van der Waals surface area contributed by atoms with Crippen LogP contribution >= 0.6 is 0 Å². The molecule has 100 valence electrons. The summed E-state index contributed by atoms with van der Waals surface area (Å²) in [6.45, 7) is 14.5. The summed E-state index contributed by atoms with van der Waals surface area (Å²) < 4.78 is 0. The summed E-state index contributed by atoms with van der Waals surface area (Å²) in [5.74, 6) is 1.74. The summed E-state index contributed by atoms with van der Waals surface area (Å²) in [6, 6.07) is 1.37. The third-order valence-corrected chi connectivity index (χ3v) is 6.20. The molecule has 0 radical (unpaired) electrons. The highest BCUT2D eigenvalue weighted by Crippen LogP contribution is 2.62. The lowest BCUT2D eigenvalue weighted by Gasteiger charge is -2.45. The molecule has 0 aliphatic heterocycles. The van der Waals surface area contributed by atoms with Crippen molar-refractivity contribution >= 4 is 0 Å². The van der Waals surface area contributed by atoms with Gasteiger partial charge in [-0.3, -0.25) is 0 Å². The maximum Gasteiger partial charge on any atom is 0.0177 e. The van der Waals surface area contributed by atoms with Crippen LogP contribution in [-0.2, 0) is 0 Å². The second-order valence-corrected chi connectivity index (χ2v) is 7.69. The molecule has 17 heavy (non-hydrogen) atoms. The maximum atomic E-state index is 3.99. The Bertz CT molecular complexity index is 278. The summed E-state index contributed by atoms with van der Waals surface area (Å²) in [4.78, 5) is 0. The fourth-order valence-corrected chi connectivity index (χ4v) is 4.50. The molecule has 0 heterocycles. The highest BCUT2D eigenvalue weighted by molar-refractivity contribution is 5.12. The molecule has 2 rings (SSSR count). The molecule has 2 aliphatic rings. The zero-order chi connectivity index (χ0) is 12.8. The lowest BCUT2D eigenvalue weighted by molar-refractivity contribution is 0.0928. The van der Waals surface area contributed by atoms with E-state index in [0.717, 1.165) is 17.9 Å². The Kier molecular flexibility index (Phi) is 3.36. The Morgan fingerprint density at radius 3 is 2.35 bits per heavy atom. The molecule has 2 saturated carbocycles. The Hall–Kier alpha value is -0.0400. The lowest BCUT2D eigenvalue weighted by Crippen LogP contribution is -2.54.